The number of rotatable bonds is 10. The van der Waals surface area contributed by atoms with Crippen molar-refractivity contribution in [1.29, 1.82) is 0 Å². The van der Waals surface area contributed by atoms with Crippen LogP contribution in [-0.4, -0.2) is 89.2 Å². The third-order valence-corrected chi connectivity index (χ3v) is 14.1. The maximum absolute atomic E-state index is 9.75. The summed E-state index contributed by atoms with van der Waals surface area (Å²) in [5, 5.41) is 15.7. The van der Waals surface area contributed by atoms with Crippen molar-refractivity contribution in [2.45, 2.75) is 149 Å². The van der Waals surface area contributed by atoms with E-state index in [0.29, 0.717) is 24.4 Å². The van der Waals surface area contributed by atoms with Gasteiger partial charge in [0.1, 0.15) is 22.8 Å². The van der Waals surface area contributed by atoms with E-state index in [0.717, 1.165) is 79.3 Å². The molecule has 0 bridgehead atoms. The molecular formula is C64H78B2F8FeN10O2. The summed E-state index contributed by atoms with van der Waals surface area (Å²) in [6.07, 6.45) is 1.50. The number of aromatic amines is 4. The molecule has 12 nitrogen and oxygen atoms in total. The summed E-state index contributed by atoms with van der Waals surface area (Å²) in [5.74, 6) is 1.52. The number of aromatic nitrogens is 10. The minimum Gasteiger partial charge on any atom is -0.418 e. The molecule has 87 heavy (non-hydrogen) atoms. The molecule has 0 unspecified atom stereocenters. The van der Waals surface area contributed by atoms with Gasteiger partial charge in [0.05, 0.1) is 69.3 Å². The number of imidazole rings is 2. The fraction of sp³-hybridized carbons (Fsp3) is 0.344. The van der Waals surface area contributed by atoms with Crippen LogP contribution in [-0.2, 0) is 26.5 Å². The molecule has 0 radical (unpaired) electrons. The van der Waals surface area contributed by atoms with E-state index in [1.54, 1.807) is 0 Å². The van der Waals surface area contributed by atoms with Crippen LogP contribution in [0.2, 0.25) is 0 Å². The zero-order chi connectivity index (χ0) is 64.1. The number of nitrogens with zero attached hydrogens (tertiary/aromatic N) is 6. The smallest absolute Gasteiger partial charge is 0.418 e. The number of ether oxygens (including phenoxy) is 2. The number of H-pyrrole nitrogens is 4. The van der Waals surface area contributed by atoms with Crippen molar-refractivity contribution >= 4 is 36.6 Å². The molecule has 10 rings (SSSR count). The minimum absolute atomic E-state index is 0. The molecule has 0 spiro atoms. The molecule has 0 aliphatic carbocycles. The van der Waals surface area contributed by atoms with E-state index >= 15 is 0 Å². The Morgan fingerprint density at radius 1 is 0.345 bits per heavy atom. The monoisotopic (exact) mass is 1250 g/mol. The molecule has 0 saturated heterocycles. The van der Waals surface area contributed by atoms with Gasteiger partial charge in [0.25, 0.3) is 0 Å². The fourth-order valence-corrected chi connectivity index (χ4v) is 9.63. The minimum atomic E-state index is -6.00. The molecule has 6 aromatic heterocycles. The molecule has 23 heteroatoms. The zero-order valence-electron chi connectivity index (χ0n) is 52.6. The molecule has 0 amide bonds. The Balaban J connectivity index is 0.000000270. The van der Waals surface area contributed by atoms with Crippen LogP contribution in [0.3, 0.4) is 0 Å². The Labute approximate surface area is 515 Å². The van der Waals surface area contributed by atoms with E-state index in [1.165, 1.54) is 66.8 Å². The third kappa shape index (κ3) is 20.9. The number of halogens is 8. The summed E-state index contributed by atoms with van der Waals surface area (Å²) in [7, 11) is -12.0. The van der Waals surface area contributed by atoms with Gasteiger partial charge in [-0.3, -0.25) is 10.2 Å². The van der Waals surface area contributed by atoms with Crippen LogP contribution >= 0.6 is 0 Å². The van der Waals surface area contributed by atoms with Crippen molar-refractivity contribution in [2.75, 3.05) is 0 Å². The summed E-state index contributed by atoms with van der Waals surface area (Å²) in [6, 6.07) is 32.1. The molecule has 10 aromatic rings. The van der Waals surface area contributed by atoms with Gasteiger partial charge in [-0.1, -0.05) is 36.4 Å². The second kappa shape index (κ2) is 31.5. The molecule has 466 valence electrons. The first-order valence-electron chi connectivity index (χ1n) is 28.3. The Morgan fingerprint density at radius 2 is 0.609 bits per heavy atom. The Bertz CT molecular complexity index is 3460. The summed E-state index contributed by atoms with van der Waals surface area (Å²) in [5.41, 5.74) is 26.5. The van der Waals surface area contributed by atoms with Gasteiger partial charge in [0.2, 0.25) is 0 Å². The molecule has 0 fully saturated rings. The Morgan fingerprint density at radius 3 is 0.874 bits per heavy atom. The Kier molecular flexibility index (Phi) is 26.0. The topological polar surface area (TPSA) is 159 Å². The van der Waals surface area contributed by atoms with Crippen LogP contribution in [0.5, 0.6) is 0 Å². The van der Waals surface area contributed by atoms with Crippen molar-refractivity contribution in [3.8, 4) is 68.3 Å². The van der Waals surface area contributed by atoms with Crippen LogP contribution in [0.1, 0.15) is 111 Å². The predicted molar refractivity (Wildman–Crippen MR) is 335 cm³/mol. The molecular weight excluding hydrogens is 1170 g/mol. The number of fused-ring (bicyclic) bond motifs is 2. The van der Waals surface area contributed by atoms with Gasteiger partial charge in [-0.15, -0.1) is 0 Å². The maximum atomic E-state index is 9.75. The molecule has 0 saturated carbocycles. The number of hydrogen-bond acceptors (Lipinski definition) is 8. The van der Waals surface area contributed by atoms with E-state index < -0.39 is 14.5 Å². The van der Waals surface area contributed by atoms with Gasteiger partial charge >= 0.3 is 31.6 Å². The van der Waals surface area contributed by atoms with E-state index in [-0.39, 0.29) is 17.1 Å². The number of pyridine rings is 2. The molecule has 0 aliphatic rings. The Hall–Kier alpha value is -7.45. The van der Waals surface area contributed by atoms with Gasteiger partial charge in [0, 0.05) is 11.1 Å². The SMILES string of the molecule is CC(C)OC(C)C.CC(C)OC(C)C.Cc1c(C)c(C)c(-c2cc(-c3cccc(-c4nc5ccccc5[nH]4)n3)n[nH]2)c(C)c1C.Cc1c(C)c(C)c(-c2cc(-c3cccc(-c4nc5ccccc5[nH]4)n3)n[nH]2)c(C)c1C.F[B-](F)(F)F.F[B-](F)(F)F.[Fe+2]. The van der Waals surface area contributed by atoms with Gasteiger partial charge < -0.3 is 54.0 Å². The maximum Gasteiger partial charge on any atom is 2.00 e. The molecule has 4 N–H and O–H groups in total. The summed E-state index contributed by atoms with van der Waals surface area (Å²) in [4.78, 5) is 25.7. The van der Waals surface area contributed by atoms with Gasteiger partial charge in [-0.05, 0) is 241 Å². The first kappa shape index (κ1) is 72.0. The molecule has 4 aromatic carbocycles. The normalized spacial score (nSPS) is 11.3. The van der Waals surface area contributed by atoms with Crippen molar-refractivity contribution in [3.63, 3.8) is 0 Å². The second-order valence-corrected chi connectivity index (χ2v) is 21.8. The number of hydrogen-bond donors (Lipinski definition) is 4. The van der Waals surface area contributed by atoms with Gasteiger partial charge in [-0.25, -0.2) is 19.9 Å². The summed E-state index contributed by atoms with van der Waals surface area (Å²) in [6.45, 7) is 38.2. The van der Waals surface area contributed by atoms with Crippen molar-refractivity contribution < 1.29 is 61.1 Å². The standard InChI is InChI=1S/2C26H25N5.2C6H14O.2BF4.Fe/c2*1-14-15(2)17(4)25(18(5)16(14)3)24-13-23(30-31-24)21-11-8-12-22(27-21)26-28-19-9-6-7-10-20(19)29-26;2*1-5(2)7-6(3)4;2*2-1(3,4)5;/h2*6-13H,1-5H3,(H,28,29)(H,30,31);2*5-6H,1-4H3;;;/q;;;;2*-1;+2. The molecule has 0 atom stereocenters. The first-order valence-corrected chi connectivity index (χ1v) is 28.3. The third-order valence-electron chi connectivity index (χ3n) is 14.1. The predicted octanol–water partition coefficient (Wildman–Crippen LogP) is 18.7. The van der Waals surface area contributed by atoms with Crippen LogP contribution < -0.4 is 0 Å². The number of benzene rings is 4. The van der Waals surface area contributed by atoms with Crippen LogP contribution in [0, 0.1) is 69.2 Å². The number of nitrogens with one attached hydrogen (secondary N) is 4. The largest absolute Gasteiger partial charge is 2.00 e. The first-order chi connectivity index (χ1) is 40.1. The van der Waals surface area contributed by atoms with E-state index in [2.05, 4.69) is 122 Å². The summed E-state index contributed by atoms with van der Waals surface area (Å²) < 4.78 is 88.5. The quantitative estimate of drug-likeness (QED) is 0.0778. The van der Waals surface area contributed by atoms with Crippen LogP contribution in [0.4, 0.5) is 34.5 Å². The molecule has 0 aliphatic heterocycles. The van der Waals surface area contributed by atoms with Crippen molar-refractivity contribution in [1.82, 2.24) is 50.3 Å². The van der Waals surface area contributed by atoms with E-state index in [9.17, 15) is 34.5 Å². The summed E-state index contributed by atoms with van der Waals surface area (Å²) >= 11 is 0. The second-order valence-electron chi connectivity index (χ2n) is 21.8. The fourth-order valence-electron chi connectivity index (χ4n) is 9.63. The van der Waals surface area contributed by atoms with Crippen molar-refractivity contribution in [3.05, 3.63) is 153 Å². The number of para-hydroxylation sites is 4. The van der Waals surface area contributed by atoms with Crippen LogP contribution in [0.15, 0.2) is 97.1 Å². The van der Waals surface area contributed by atoms with Gasteiger partial charge in [-0.2, -0.15) is 10.2 Å². The van der Waals surface area contributed by atoms with Crippen molar-refractivity contribution in [2.24, 2.45) is 0 Å². The zero-order valence-corrected chi connectivity index (χ0v) is 53.7. The average molecular weight is 1250 g/mol. The molecule has 6 heterocycles. The van der Waals surface area contributed by atoms with E-state index in [4.69, 9.17) is 19.4 Å². The van der Waals surface area contributed by atoms with Crippen LogP contribution in [0.25, 0.3) is 90.4 Å². The van der Waals surface area contributed by atoms with Gasteiger partial charge in [0.15, 0.2) is 11.6 Å². The van der Waals surface area contributed by atoms with E-state index in [1.807, 2.05) is 140 Å². The average Bonchev–Trinajstić information content (AvgIpc) is 2.01.